The normalized spacial score (nSPS) is 20.9. The molecule has 8 heteroatoms. The van der Waals surface area contributed by atoms with Crippen LogP contribution >= 0.6 is 0 Å². The van der Waals surface area contributed by atoms with Gasteiger partial charge in [0.05, 0.1) is 17.3 Å². The van der Waals surface area contributed by atoms with Gasteiger partial charge in [-0.15, -0.1) is 0 Å². The van der Waals surface area contributed by atoms with Crippen molar-refractivity contribution in [3.8, 4) is 0 Å². The van der Waals surface area contributed by atoms with Gasteiger partial charge in [-0.2, -0.15) is 10.2 Å². The van der Waals surface area contributed by atoms with Crippen molar-refractivity contribution in [3.05, 3.63) is 54.1 Å². The maximum Gasteiger partial charge on any atom is 0.249 e. The van der Waals surface area contributed by atoms with E-state index in [1.54, 1.807) is 0 Å². The largest absolute Gasteiger partial charge is 0.369 e. The molecule has 0 radical (unpaired) electrons. The summed E-state index contributed by atoms with van der Waals surface area (Å²) in [6, 6.07) is 14.9. The quantitative estimate of drug-likeness (QED) is 0.554. The van der Waals surface area contributed by atoms with Gasteiger partial charge in [-0.3, -0.25) is 19.7 Å². The fourth-order valence-electron chi connectivity index (χ4n) is 4.21. The molecule has 2 aliphatic rings. The molecule has 166 valence electrons. The summed E-state index contributed by atoms with van der Waals surface area (Å²) in [6.07, 6.45) is 1.17. The molecule has 3 amide bonds. The van der Waals surface area contributed by atoms with E-state index in [9.17, 15) is 14.4 Å². The molecule has 0 aliphatic carbocycles. The maximum atomic E-state index is 13.2. The van der Waals surface area contributed by atoms with E-state index in [2.05, 4.69) is 39.6 Å². The highest BCUT2D eigenvalue weighted by molar-refractivity contribution is 6.02. The van der Waals surface area contributed by atoms with Gasteiger partial charge in [-0.1, -0.05) is 18.2 Å². The lowest BCUT2D eigenvalue weighted by molar-refractivity contribution is -0.137. The SMILES string of the molecule is CC(C)N1CCC(C(=O)N[C@H]2CCC(=O)NC2=O)c2cc(/N=N\c3ccccc3)ccc21. The number of azo groups is 1. The summed E-state index contributed by atoms with van der Waals surface area (Å²) < 4.78 is 0. The summed E-state index contributed by atoms with van der Waals surface area (Å²) in [4.78, 5) is 38.9. The maximum absolute atomic E-state index is 13.2. The van der Waals surface area contributed by atoms with Gasteiger partial charge in [-0.05, 0) is 62.6 Å². The molecule has 1 saturated heterocycles. The molecule has 1 fully saturated rings. The molecule has 4 rings (SSSR count). The fourth-order valence-corrected chi connectivity index (χ4v) is 4.21. The van der Waals surface area contributed by atoms with Crippen molar-refractivity contribution in [3.63, 3.8) is 0 Å². The molecule has 2 aliphatic heterocycles. The van der Waals surface area contributed by atoms with Gasteiger partial charge in [0.15, 0.2) is 0 Å². The molecule has 2 aromatic rings. The molecule has 2 N–H and O–H groups in total. The molecule has 0 aromatic heterocycles. The number of amides is 3. The average Bonchev–Trinajstić information content (AvgIpc) is 2.79. The number of nitrogens with zero attached hydrogens (tertiary/aromatic N) is 3. The summed E-state index contributed by atoms with van der Waals surface area (Å²) in [5.74, 6) is -1.36. The van der Waals surface area contributed by atoms with Crippen molar-refractivity contribution in [1.29, 1.82) is 0 Å². The zero-order valence-corrected chi connectivity index (χ0v) is 18.2. The molecule has 0 saturated carbocycles. The molecule has 2 atom stereocenters. The van der Waals surface area contributed by atoms with Crippen LogP contribution in [-0.2, 0) is 14.4 Å². The molecule has 0 bridgehead atoms. The van der Waals surface area contributed by atoms with Crippen LogP contribution < -0.4 is 15.5 Å². The number of piperidine rings is 1. The number of benzene rings is 2. The fraction of sp³-hybridized carbons (Fsp3) is 0.375. The van der Waals surface area contributed by atoms with E-state index < -0.39 is 17.9 Å². The number of hydrogen-bond donors (Lipinski definition) is 2. The number of imide groups is 1. The third kappa shape index (κ3) is 4.69. The van der Waals surface area contributed by atoms with Gasteiger partial charge in [0.25, 0.3) is 0 Å². The smallest absolute Gasteiger partial charge is 0.249 e. The Morgan fingerprint density at radius 2 is 1.81 bits per heavy atom. The minimum absolute atomic E-state index is 0.207. The molecular formula is C24H27N5O3. The average molecular weight is 434 g/mol. The lowest BCUT2D eigenvalue weighted by Crippen LogP contribution is -2.53. The van der Waals surface area contributed by atoms with Crippen LogP contribution in [0.25, 0.3) is 0 Å². The molecule has 8 nitrogen and oxygen atoms in total. The van der Waals surface area contributed by atoms with Crippen molar-refractivity contribution in [2.24, 2.45) is 10.2 Å². The second-order valence-electron chi connectivity index (χ2n) is 8.42. The number of hydrogen-bond acceptors (Lipinski definition) is 6. The summed E-state index contributed by atoms with van der Waals surface area (Å²) in [5.41, 5.74) is 3.28. The number of carbonyl (C=O) groups excluding carboxylic acids is 3. The molecule has 1 unspecified atom stereocenters. The van der Waals surface area contributed by atoms with Crippen molar-refractivity contribution in [1.82, 2.24) is 10.6 Å². The number of nitrogens with one attached hydrogen (secondary N) is 2. The first-order valence-corrected chi connectivity index (χ1v) is 10.9. The van der Waals surface area contributed by atoms with Crippen molar-refractivity contribution >= 4 is 34.8 Å². The minimum atomic E-state index is -0.687. The zero-order valence-electron chi connectivity index (χ0n) is 18.2. The van der Waals surface area contributed by atoms with Crippen LogP contribution in [-0.4, -0.2) is 36.3 Å². The summed E-state index contributed by atoms with van der Waals surface area (Å²) in [6.45, 7) is 4.98. The van der Waals surface area contributed by atoms with E-state index in [0.29, 0.717) is 18.5 Å². The Morgan fingerprint density at radius 1 is 1.06 bits per heavy atom. The van der Waals surface area contributed by atoms with E-state index >= 15 is 0 Å². The van der Waals surface area contributed by atoms with E-state index in [-0.39, 0.29) is 24.3 Å². The number of fused-ring (bicyclic) bond motifs is 1. The highest BCUT2D eigenvalue weighted by atomic mass is 16.2. The van der Waals surface area contributed by atoms with Gasteiger partial charge in [0.1, 0.15) is 6.04 Å². The standard InChI is InChI=1S/C24H27N5O3/c1-15(2)29-13-12-18(23(31)25-20-9-11-22(30)26-24(20)32)19-14-17(8-10-21(19)29)28-27-16-6-4-3-5-7-16/h3-8,10,14-15,18,20H,9,11-13H2,1-2H3,(H,25,31)(H,26,30,32)/b28-27-/t18?,20-/m0/s1. The Bertz CT molecular complexity index is 1050. The first-order chi connectivity index (χ1) is 15.4. The Kier molecular flexibility index (Phi) is 6.30. The van der Waals surface area contributed by atoms with Crippen LogP contribution in [0.1, 0.15) is 44.6 Å². The van der Waals surface area contributed by atoms with Crippen LogP contribution in [0.15, 0.2) is 58.8 Å². The molecule has 0 spiro atoms. The summed E-state index contributed by atoms with van der Waals surface area (Å²) in [5, 5.41) is 13.8. The minimum Gasteiger partial charge on any atom is -0.369 e. The lowest BCUT2D eigenvalue weighted by Gasteiger charge is -2.38. The predicted octanol–water partition coefficient (Wildman–Crippen LogP) is 3.73. The van der Waals surface area contributed by atoms with Gasteiger partial charge >= 0.3 is 0 Å². The van der Waals surface area contributed by atoms with Gasteiger partial charge < -0.3 is 10.2 Å². The van der Waals surface area contributed by atoms with Gasteiger partial charge in [-0.25, -0.2) is 0 Å². The Balaban J connectivity index is 1.60. The highest BCUT2D eigenvalue weighted by Gasteiger charge is 2.35. The van der Waals surface area contributed by atoms with Crippen LogP contribution in [0.4, 0.5) is 17.1 Å². The Labute approximate surface area is 187 Å². The predicted molar refractivity (Wildman–Crippen MR) is 121 cm³/mol. The van der Waals surface area contributed by atoms with E-state index in [4.69, 9.17) is 0 Å². The zero-order chi connectivity index (χ0) is 22.7. The molecular weight excluding hydrogens is 406 g/mol. The van der Waals surface area contributed by atoms with Crippen LogP contribution in [0.2, 0.25) is 0 Å². The number of anilines is 1. The topological polar surface area (TPSA) is 103 Å². The third-order valence-corrected chi connectivity index (χ3v) is 5.89. The Hall–Kier alpha value is -3.55. The molecule has 2 aromatic carbocycles. The van der Waals surface area contributed by atoms with Crippen molar-refractivity contribution in [2.75, 3.05) is 11.4 Å². The van der Waals surface area contributed by atoms with Crippen LogP contribution in [0.5, 0.6) is 0 Å². The van der Waals surface area contributed by atoms with E-state index in [1.165, 1.54) is 0 Å². The van der Waals surface area contributed by atoms with Crippen molar-refractivity contribution < 1.29 is 14.4 Å². The van der Waals surface area contributed by atoms with E-state index in [1.807, 2.05) is 48.5 Å². The van der Waals surface area contributed by atoms with Crippen LogP contribution in [0.3, 0.4) is 0 Å². The van der Waals surface area contributed by atoms with Gasteiger partial charge in [0.2, 0.25) is 17.7 Å². The molecule has 2 heterocycles. The monoisotopic (exact) mass is 433 g/mol. The Morgan fingerprint density at radius 3 is 2.53 bits per heavy atom. The highest BCUT2D eigenvalue weighted by Crippen LogP contribution is 2.39. The molecule has 32 heavy (non-hydrogen) atoms. The second kappa shape index (κ2) is 9.30. The lowest BCUT2D eigenvalue weighted by atomic mass is 9.87. The van der Waals surface area contributed by atoms with Crippen molar-refractivity contribution in [2.45, 2.75) is 51.1 Å². The number of rotatable bonds is 5. The van der Waals surface area contributed by atoms with Gasteiger partial charge in [0, 0.05) is 24.7 Å². The summed E-state index contributed by atoms with van der Waals surface area (Å²) in [7, 11) is 0. The first kappa shape index (κ1) is 21.7. The summed E-state index contributed by atoms with van der Waals surface area (Å²) >= 11 is 0. The first-order valence-electron chi connectivity index (χ1n) is 10.9. The second-order valence-corrected chi connectivity index (χ2v) is 8.42. The third-order valence-electron chi connectivity index (χ3n) is 5.89. The van der Waals surface area contributed by atoms with E-state index in [0.717, 1.165) is 23.5 Å². The number of carbonyl (C=O) groups is 3. The van der Waals surface area contributed by atoms with Crippen LogP contribution in [0, 0.1) is 0 Å².